The molecule has 7 nitrogen and oxygen atoms in total. The molecule has 1 fully saturated rings. The highest BCUT2D eigenvalue weighted by molar-refractivity contribution is 14.0. The van der Waals surface area contributed by atoms with E-state index in [-0.39, 0.29) is 24.0 Å². The van der Waals surface area contributed by atoms with Crippen molar-refractivity contribution in [2.45, 2.75) is 19.4 Å². The summed E-state index contributed by atoms with van der Waals surface area (Å²) in [6.45, 7) is 3.81. The molecule has 154 valence electrons. The van der Waals surface area contributed by atoms with Gasteiger partial charge in [0, 0.05) is 46.1 Å². The van der Waals surface area contributed by atoms with Gasteiger partial charge in [0.05, 0.1) is 25.1 Å². The lowest BCUT2D eigenvalue weighted by Crippen LogP contribution is -2.41. The van der Waals surface area contributed by atoms with E-state index >= 15 is 0 Å². The van der Waals surface area contributed by atoms with Crippen molar-refractivity contribution in [3.63, 3.8) is 0 Å². The number of pyridine rings is 1. The zero-order chi connectivity index (χ0) is 18.9. The third-order valence-corrected chi connectivity index (χ3v) is 4.48. The average molecular weight is 499 g/mol. The van der Waals surface area contributed by atoms with Crippen LogP contribution >= 0.6 is 24.0 Å². The zero-order valence-corrected chi connectivity index (χ0v) is 18.9. The zero-order valence-electron chi connectivity index (χ0n) is 16.6. The molecule has 8 heteroatoms. The summed E-state index contributed by atoms with van der Waals surface area (Å²) in [5, 5.41) is 6.83. The monoisotopic (exact) mass is 499 g/mol. The van der Waals surface area contributed by atoms with Crippen LogP contribution in [0.3, 0.4) is 0 Å². The second kappa shape index (κ2) is 11.9. The first-order valence-corrected chi connectivity index (χ1v) is 9.46. The highest BCUT2D eigenvalue weighted by atomic mass is 127. The Kier molecular flexibility index (Phi) is 9.56. The van der Waals surface area contributed by atoms with Crippen molar-refractivity contribution in [3.05, 3.63) is 48.0 Å². The van der Waals surface area contributed by atoms with Crippen molar-refractivity contribution < 1.29 is 9.15 Å². The summed E-state index contributed by atoms with van der Waals surface area (Å²) in [6.07, 6.45) is 3.61. The highest BCUT2D eigenvalue weighted by Crippen LogP contribution is 2.11. The second-order valence-electron chi connectivity index (χ2n) is 6.91. The van der Waals surface area contributed by atoms with E-state index in [4.69, 9.17) is 14.1 Å². The summed E-state index contributed by atoms with van der Waals surface area (Å²) in [4.78, 5) is 11.3. The van der Waals surface area contributed by atoms with Gasteiger partial charge in [0.1, 0.15) is 11.6 Å². The van der Waals surface area contributed by atoms with Gasteiger partial charge in [0.15, 0.2) is 5.96 Å². The van der Waals surface area contributed by atoms with E-state index in [0.717, 1.165) is 62.4 Å². The number of anilines is 1. The first-order valence-electron chi connectivity index (χ1n) is 9.46. The number of nitrogens with zero attached hydrogens (tertiary/aromatic N) is 3. The van der Waals surface area contributed by atoms with Crippen LogP contribution in [0.2, 0.25) is 0 Å². The maximum atomic E-state index is 5.46. The Hall–Kier alpha value is -1.81. The fourth-order valence-electron chi connectivity index (χ4n) is 2.88. The van der Waals surface area contributed by atoms with Gasteiger partial charge in [-0.3, -0.25) is 0 Å². The average Bonchev–Trinajstić information content (AvgIpc) is 3.37. The molecular formula is C20H30IN5O2. The Morgan fingerprint density at radius 3 is 2.86 bits per heavy atom. The molecule has 0 radical (unpaired) electrons. The molecule has 1 saturated heterocycles. The minimum atomic E-state index is 0. The molecule has 1 aliphatic rings. The number of hydrogen-bond donors (Lipinski definition) is 2. The van der Waals surface area contributed by atoms with E-state index in [2.05, 4.69) is 15.6 Å². The molecule has 2 N–H and O–H groups in total. The molecule has 2 aromatic heterocycles. The third kappa shape index (κ3) is 7.31. The summed E-state index contributed by atoms with van der Waals surface area (Å²) in [6, 6.07) is 9.90. The summed E-state index contributed by atoms with van der Waals surface area (Å²) >= 11 is 0. The number of aliphatic imine (C=N–C) groups is 1. The van der Waals surface area contributed by atoms with Crippen LogP contribution in [0.4, 0.5) is 5.82 Å². The van der Waals surface area contributed by atoms with Crippen molar-refractivity contribution in [1.82, 2.24) is 15.6 Å². The fourth-order valence-corrected chi connectivity index (χ4v) is 2.88. The van der Waals surface area contributed by atoms with Gasteiger partial charge in [0.2, 0.25) is 0 Å². The summed E-state index contributed by atoms with van der Waals surface area (Å²) in [5.74, 6) is 3.24. The standard InChI is InChI=1S/C20H29N5O2.HI/c1-25(2)19-7-3-5-17(24-19)14-23-20(22-13-16-9-12-26-15-16)21-10-8-18-6-4-11-27-18;/h3-7,11,16H,8-10,12-15H2,1-2H3,(H2,21,22,23);1H. The van der Waals surface area contributed by atoms with E-state index in [0.29, 0.717) is 12.5 Å². The van der Waals surface area contributed by atoms with Gasteiger partial charge in [-0.1, -0.05) is 6.07 Å². The minimum absolute atomic E-state index is 0. The molecule has 0 spiro atoms. The van der Waals surface area contributed by atoms with Crippen LogP contribution in [-0.4, -0.2) is 51.3 Å². The van der Waals surface area contributed by atoms with Gasteiger partial charge >= 0.3 is 0 Å². The van der Waals surface area contributed by atoms with Crippen LogP contribution in [-0.2, 0) is 17.7 Å². The van der Waals surface area contributed by atoms with E-state index in [9.17, 15) is 0 Å². The summed E-state index contributed by atoms with van der Waals surface area (Å²) in [5.41, 5.74) is 0.942. The number of guanidine groups is 1. The van der Waals surface area contributed by atoms with E-state index in [1.54, 1.807) is 6.26 Å². The first kappa shape index (κ1) is 22.5. The number of halogens is 1. The minimum Gasteiger partial charge on any atom is -0.469 e. The van der Waals surface area contributed by atoms with Gasteiger partial charge in [-0.15, -0.1) is 24.0 Å². The van der Waals surface area contributed by atoms with Crippen LogP contribution in [0.15, 0.2) is 46.0 Å². The SMILES string of the molecule is CN(C)c1cccc(CN=C(NCCc2ccco2)NCC2CCOC2)n1.I. The highest BCUT2D eigenvalue weighted by Gasteiger charge is 2.15. The molecule has 0 bridgehead atoms. The molecular weight excluding hydrogens is 469 g/mol. The number of hydrogen-bond acceptors (Lipinski definition) is 5. The lowest BCUT2D eigenvalue weighted by Gasteiger charge is -2.15. The largest absolute Gasteiger partial charge is 0.469 e. The predicted molar refractivity (Wildman–Crippen MR) is 122 cm³/mol. The molecule has 1 aliphatic heterocycles. The number of rotatable bonds is 8. The Labute approximate surface area is 184 Å². The van der Waals surface area contributed by atoms with Gasteiger partial charge in [-0.2, -0.15) is 0 Å². The fraction of sp³-hybridized carbons (Fsp3) is 0.500. The van der Waals surface area contributed by atoms with Crippen molar-refractivity contribution in [1.29, 1.82) is 0 Å². The Morgan fingerprint density at radius 2 is 2.14 bits per heavy atom. The predicted octanol–water partition coefficient (Wildman–Crippen LogP) is 2.67. The number of aromatic nitrogens is 1. The normalized spacial score (nSPS) is 16.5. The molecule has 2 aromatic rings. The van der Waals surface area contributed by atoms with Gasteiger partial charge in [0.25, 0.3) is 0 Å². The molecule has 3 rings (SSSR count). The quantitative estimate of drug-likeness (QED) is 0.331. The van der Waals surface area contributed by atoms with Crippen molar-refractivity contribution in [2.75, 3.05) is 45.3 Å². The molecule has 1 atom stereocenters. The number of nitrogens with one attached hydrogen (secondary N) is 2. The lowest BCUT2D eigenvalue weighted by molar-refractivity contribution is 0.186. The van der Waals surface area contributed by atoms with Crippen molar-refractivity contribution in [2.24, 2.45) is 10.9 Å². The molecule has 28 heavy (non-hydrogen) atoms. The molecule has 0 saturated carbocycles. The number of ether oxygens (including phenoxy) is 1. The van der Waals surface area contributed by atoms with Gasteiger partial charge in [-0.25, -0.2) is 9.98 Å². The first-order chi connectivity index (χ1) is 13.2. The van der Waals surface area contributed by atoms with Gasteiger partial charge < -0.3 is 24.7 Å². The number of furan rings is 1. The van der Waals surface area contributed by atoms with Crippen LogP contribution in [0.25, 0.3) is 0 Å². The van der Waals surface area contributed by atoms with Gasteiger partial charge in [-0.05, 0) is 30.7 Å². The summed E-state index contributed by atoms with van der Waals surface area (Å²) in [7, 11) is 3.98. The summed E-state index contributed by atoms with van der Waals surface area (Å²) < 4.78 is 10.8. The lowest BCUT2D eigenvalue weighted by atomic mass is 10.1. The van der Waals surface area contributed by atoms with E-state index < -0.39 is 0 Å². The van der Waals surface area contributed by atoms with Crippen LogP contribution in [0.1, 0.15) is 17.9 Å². The smallest absolute Gasteiger partial charge is 0.191 e. The van der Waals surface area contributed by atoms with Crippen molar-refractivity contribution >= 4 is 35.8 Å². The molecule has 0 aliphatic carbocycles. The molecule has 0 amide bonds. The second-order valence-corrected chi connectivity index (χ2v) is 6.91. The maximum Gasteiger partial charge on any atom is 0.191 e. The Balaban J connectivity index is 0.00000280. The van der Waals surface area contributed by atoms with Crippen molar-refractivity contribution in [3.8, 4) is 0 Å². The Bertz CT molecular complexity index is 715. The van der Waals surface area contributed by atoms with E-state index in [1.165, 1.54) is 0 Å². The Morgan fingerprint density at radius 1 is 1.25 bits per heavy atom. The maximum absolute atomic E-state index is 5.46. The third-order valence-electron chi connectivity index (χ3n) is 4.48. The molecule has 3 heterocycles. The van der Waals surface area contributed by atoms with E-state index in [1.807, 2.05) is 49.3 Å². The van der Waals surface area contributed by atoms with Crippen LogP contribution in [0.5, 0.6) is 0 Å². The molecule has 1 unspecified atom stereocenters. The topological polar surface area (TPSA) is 74.9 Å². The van der Waals surface area contributed by atoms with Crippen LogP contribution < -0.4 is 15.5 Å². The van der Waals surface area contributed by atoms with Crippen LogP contribution in [0, 0.1) is 5.92 Å². The molecule has 0 aromatic carbocycles.